The molecule has 6 nitrogen and oxygen atoms in total. The fourth-order valence-electron chi connectivity index (χ4n) is 4.04. The van der Waals surface area contributed by atoms with Gasteiger partial charge in [-0.2, -0.15) is 0 Å². The predicted molar refractivity (Wildman–Crippen MR) is 120 cm³/mol. The number of carbonyl (C=O) groups is 2. The van der Waals surface area contributed by atoms with Gasteiger partial charge in [-0.1, -0.05) is 44.2 Å². The maximum absolute atomic E-state index is 13.1. The van der Waals surface area contributed by atoms with Gasteiger partial charge < -0.3 is 19.7 Å². The number of hydrogen-bond acceptors (Lipinski definition) is 4. The largest absolute Gasteiger partial charge is 0.497 e. The first-order chi connectivity index (χ1) is 14.9. The lowest BCUT2D eigenvalue weighted by Crippen LogP contribution is -2.37. The molecule has 1 heterocycles. The van der Waals surface area contributed by atoms with Crippen molar-refractivity contribution in [2.45, 2.75) is 26.2 Å². The number of rotatable bonds is 8. The number of nitrogens with zero attached hydrogens (tertiary/aromatic N) is 1. The van der Waals surface area contributed by atoms with Gasteiger partial charge in [-0.05, 0) is 29.7 Å². The standard InChI is InChI=1S/C25H32N2O4/c1-17(2)14-26-25(29)22-16-27(24(28)12-18-8-6-5-7-9-18)15-21(22)20-13-19(30-3)10-11-23(20)31-4/h5-11,13,17,21-22H,12,14-16H2,1-4H3,(H,26,29). The molecule has 0 bridgehead atoms. The van der Waals surface area contributed by atoms with Crippen molar-refractivity contribution in [1.82, 2.24) is 10.2 Å². The lowest BCUT2D eigenvalue weighted by molar-refractivity contribution is -0.130. The van der Waals surface area contributed by atoms with Crippen LogP contribution in [-0.4, -0.2) is 50.6 Å². The Hall–Kier alpha value is -3.02. The zero-order valence-electron chi connectivity index (χ0n) is 18.8. The molecule has 1 fully saturated rings. The molecular weight excluding hydrogens is 392 g/mol. The van der Waals surface area contributed by atoms with Crippen molar-refractivity contribution in [2.75, 3.05) is 33.9 Å². The summed E-state index contributed by atoms with van der Waals surface area (Å²) >= 11 is 0. The molecule has 2 aromatic carbocycles. The van der Waals surface area contributed by atoms with Crippen molar-refractivity contribution in [3.05, 3.63) is 59.7 Å². The third-order valence-electron chi connectivity index (χ3n) is 5.73. The molecule has 0 radical (unpaired) electrons. The number of hydrogen-bond donors (Lipinski definition) is 1. The van der Waals surface area contributed by atoms with E-state index >= 15 is 0 Å². The van der Waals surface area contributed by atoms with Gasteiger partial charge in [-0.25, -0.2) is 0 Å². The summed E-state index contributed by atoms with van der Waals surface area (Å²) < 4.78 is 11.0. The summed E-state index contributed by atoms with van der Waals surface area (Å²) in [4.78, 5) is 27.9. The summed E-state index contributed by atoms with van der Waals surface area (Å²) in [5.74, 6) is 1.23. The monoisotopic (exact) mass is 424 g/mol. The van der Waals surface area contributed by atoms with Gasteiger partial charge in [0.15, 0.2) is 0 Å². The Balaban J connectivity index is 1.87. The number of benzene rings is 2. The Kier molecular flexibility index (Phi) is 7.55. The summed E-state index contributed by atoms with van der Waals surface area (Å²) in [6.07, 6.45) is 0.323. The number of ether oxygens (including phenoxy) is 2. The van der Waals surface area contributed by atoms with Gasteiger partial charge in [0, 0.05) is 31.1 Å². The zero-order valence-corrected chi connectivity index (χ0v) is 18.8. The summed E-state index contributed by atoms with van der Waals surface area (Å²) in [7, 11) is 3.23. The van der Waals surface area contributed by atoms with Crippen LogP contribution >= 0.6 is 0 Å². The second-order valence-corrected chi connectivity index (χ2v) is 8.42. The van der Waals surface area contributed by atoms with E-state index < -0.39 is 0 Å². The van der Waals surface area contributed by atoms with Crippen LogP contribution in [0.25, 0.3) is 0 Å². The molecular formula is C25H32N2O4. The van der Waals surface area contributed by atoms with Crippen LogP contribution in [0.2, 0.25) is 0 Å². The van der Waals surface area contributed by atoms with E-state index in [1.165, 1.54) is 0 Å². The highest BCUT2D eigenvalue weighted by molar-refractivity contribution is 5.84. The minimum atomic E-state index is -0.348. The minimum Gasteiger partial charge on any atom is -0.497 e. The Morgan fingerprint density at radius 2 is 1.81 bits per heavy atom. The molecule has 2 unspecified atom stereocenters. The molecule has 31 heavy (non-hydrogen) atoms. The van der Waals surface area contributed by atoms with Crippen LogP contribution < -0.4 is 14.8 Å². The van der Waals surface area contributed by atoms with Crippen molar-refractivity contribution in [1.29, 1.82) is 0 Å². The smallest absolute Gasteiger partial charge is 0.227 e. The van der Waals surface area contributed by atoms with Crippen LogP contribution in [0.1, 0.15) is 30.9 Å². The van der Waals surface area contributed by atoms with Crippen molar-refractivity contribution in [3.63, 3.8) is 0 Å². The molecule has 166 valence electrons. The highest BCUT2D eigenvalue weighted by Crippen LogP contribution is 2.39. The SMILES string of the molecule is COc1ccc(OC)c(C2CN(C(=O)Cc3ccccc3)CC2C(=O)NCC(C)C)c1. The molecule has 1 saturated heterocycles. The predicted octanol–water partition coefficient (Wildman–Crippen LogP) is 3.26. The summed E-state index contributed by atoms with van der Waals surface area (Å²) in [6.45, 7) is 5.59. The van der Waals surface area contributed by atoms with Crippen LogP contribution in [-0.2, 0) is 16.0 Å². The molecule has 1 aliphatic rings. The van der Waals surface area contributed by atoms with Crippen LogP contribution in [0.3, 0.4) is 0 Å². The van der Waals surface area contributed by atoms with E-state index in [1.807, 2.05) is 48.5 Å². The Morgan fingerprint density at radius 3 is 2.45 bits per heavy atom. The Labute approximate surface area is 184 Å². The van der Waals surface area contributed by atoms with E-state index in [2.05, 4.69) is 19.2 Å². The average molecular weight is 425 g/mol. The van der Waals surface area contributed by atoms with Crippen molar-refractivity contribution >= 4 is 11.8 Å². The van der Waals surface area contributed by atoms with Crippen LogP contribution in [0, 0.1) is 11.8 Å². The highest BCUT2D eigenvalue weighted by Gasteiger charge is 2.41. The van der Waals surface area contributed by atoms with E-state index in [1.54, 1.807) is 19.1 Å². The fraction of sp³-hybridized carbons (Fsp3) is 0.440. The van der Waals surface area contributed by atoms with E-state index in [4.69, 9.17) is 9.47 Å². The average Bonchev–Trinajstić information content (AvgIpc) is 3.23. The Bertz CT molecular complexity index is 898. The van der Waals surface area contributed by atoms with E-state index in [-0.39, 0.29) is 23.7 Å². The third kappa shape index (κ3) is 5.57. The van der Waals surface area contributed by atoms with E-state index in [9.17, 15) is 9.59 Å². The van der Waals surface area contributed by atoms with Crippen molar-refractivity contribution in [3.8, 4) is 11.5 Å². The maximum atomic E-state index is 13.1. The van der Waals surface area contributed by atoms with Gasteiger partial charge in [0.1, 0.15) is 11.5 Å². The molecule has 1 aliphatic heterocycles. The maximum Gasteiger partial charge on any atom is 0.227 e. The topological polar surface area (TPSA) is 67.9 Å². The molecule has 6 heteroatoms. The summed E-state index contributed by atoms with van der Waals surface area (Å²) in [5.41, 5.74) is 1.86. The number of likely N-dealkylation sites (tertiary alicyclic amines) is 1. The van der Waals surface area contributed by atoms with Gasteiger partial charge in [-0.15, -0.1) is 0 Å². The van der Waals surface area contributed by atoms with Crippen LogP contribution in [0.5, 0.6) is 11.5 Å². The first-order valence-electron chi connectivity index (χ1n) is 10.7. The van der Waals surface area contributed by atoms with Crippen molar-refractivity contribution < 1.29 is 19.1 Å². The molecule has 2 aromatic rings. The first kappa shape index (κ1) is 22.7. The minimum absolute atomic E-state index is 0.0252. The molecule has 2 atom stereocenters. The number of amides is 2. The zero-order chi connectivity index (χ0) is 22.4. The van der Waals surface area contributed by atoms with E-state index in [0.717, 1.165) is 11.1 Å². The lowest BCUT2D eigenvalue weighted by Gasteiger charge is -2.21. The molecule has 0 aromatic heterocycles. The second kappa shape index (κ2) is 10.3. The fourth-order valence-corrected chi connectivity index (χ4v) is 4.04. The van der Waals surface area contributed by atoms with Gasteiger partial charge in [0.05, 0.1) is 26.6 Å². The quantitative estimate of drug-likeness (QED) is 0.706. The van der Waals surface area contributed by atoms with Gasteiger partial charge in [-0.3, -0.25) is 9.59 Å². The lowest BCUT2D eigenvalue weighted by atomic mass is 9.87. The molecule has 3 rings (SSSR count). The summed E-state index contributed by atoms with van der Waals surface area (Å²) in [6, 6.07) is 15.3. The second-order valence-electron chi connectivity index (χ2n) is 8.42. The number of carbonyl (C=O) groups excluding carboxylic acids is 2. The molecule has 0 spiro atoms. The van der Waals surface area contributed by atoms with Gasteiger partial charge in [0.2, 0.25) is 11.8 Å². The highest BCUT2D eigenvalue weighted by atomic mass is 16.5. The van der Waals surface area contributed by atoms with Crippen LogP contribution in [0.4, 0.5) is 0 Å². The summed E-state index contributed by atoms with van der Waals surface area (Å²) in [5, 5.41) is 3.05. The molecule has 1 N–H and O–H groups in total. The molecule has 0 aliphatic carbocycles. The van der Waals surface area contributed by atoms with E-state index in [0.29, 0.717) is 43.5 Å². The third-order valence-corrected chi connectivity index (χ3v) is 5.73. The molecule has 2 amide bonds. The Morgan fingerprint density at radius 1 is 1.06 bits per heavy atom. The van der Waals surface area contributed by atoms with Gasteiger partial charge >= 0.3 is 0 Å². The molecule has 0 saturated carbocycles. The van der Waals surface area contributed by atoms with Crippen molar-refractivity contribution in [2.24, 2.45) is 11.8 Å². The number of methoxy groups -OCH3 is 2. The van der Waals surface area contributed by atoms with Crippen LogP contribution in [0.15, 0.2) is 48.5 Å². The first-order valence-corrected chi connectivity index (χ1v) is 10.7. The normalized spacial score (nSPS) is 18.2. The van der Waals surface area contributed by atoms with Gasteiger partial charge in [0.25, 0.3) is 0 Å². The number of nitrogens with one attached hydrogen (secondary N) is 1.